The summed E-state index contributed by atoms with van der Waals surface area (Å²) >= 11 is 0. The van der Waals surface area contributed by atoms with Crippen molar-refractivity contribution in [1.82, 2.24) is 23.9 Å². The van der Waals surface area contributed by atoms with Crippen LogP contribution in [0.5, 0.6) is 0 Å². The van der Waals surface area contributed by atoms with E-state index in [4.69, 9.17) is 15.0 Å². The zero-order chi connectivity index (χ0) is 22.5. The Labute approximate surface area is 195 Å². The predicted molar refractivity (Wildman–Crippen MR) is 136 cm³/mol. The lowest BCUT2D eigenvalue weighted by atomic mass is 10.1. The molecule has 0 aliphatic carbocycles. The van der Waals surface area contributed by atoms with Crippen LogP contribution in [0.1, 0.15) is 0 Å². The highest BCUT2D eigenvalue weighted by molar-refractivity contribution is 6.07. The Balaban J connectivity index is 1.61. The van der Waals surface area contributed by atoms with E-state index in [9.17, 15) is 0 Å². The second kappa shape index (κ2) is 7.39. The van der Waals surface area contributed by atoms with Gasteiger partial charge in [-0.1, -0.05) is 84.9 Å². The van der Waals surface area contributed by atoms with Crippen molar-refractivity contribution >= 4 is 27.7 Å². The van der Waals surface area contributed by atoms with E-state index >= 15 is 0 Å². The van der Waals surface area contributed by atoms with Gasteiger partial charge in [0.15, 0.2) is 5.65 Å². The summed E-state index contributed by atoms with van der Waals surface area (Å²) in [6, 6.07) is 36.9. The fourth-order valence-corrected chi connectivity index (χ4v) is 4.61. The third kappa shape index (κ3) is 2.84. The summed E-state index contributed by atoms with van der Waals surface area (Å²) in [7, 11) is 0. The Morgan fingerprint density at radius 1 is 0.559 bits per heavy atom. The molecule has 0 aliphatic heterocycles. The van der Waals surface area contributed by atoms with Crippen molar-refractivity contribution in [3.8, 4) is 28.5 Å². The van der Waals surface area contributed by atoms with Gasteiger partial charge in [0, 0.05) is 22.7 Å². The smallest absolute Gasteiger partial charge is 0.237 e. The fraction of sp³-hybridized carbons (Fsp3) is 0. The van der Waals surface area contributed by atoms with Crippen LogP contribution >= 0.6 is 0 Å². The summed E-state index contributed by atoms with van der Waals surface area (Å²) < 4.78 is 4.24. The monoisotopic (exact) mass is 437 g/mol. The second-order valence-corrected chi connectivity index (χ2v) is 8.24. The quantitative estimate of drug-likeness (QED) is 0.315. The molecule has 0 unspecified atom stereocenters. The average molecular weight is 438 g/mol. The maximum Gasteiger partial charge on any atom is 0.237 e. The van der Waals surface area contributed by atoms with Crippen LogP contribution in [0.25, 0.3) is 56.2 Å². The van der Waals surface area contributed by atoms with Crippen LogP contribution in [0.2, 0.25) is 0 Å². The van der Waals surface area contributed by atoms with Gasteiger partial charge in [0.25, 0.3) is 0 Å². The van der Waals surface area contributed by atoms with Crippen LogP contribution in [-0.4, -0.2) is 23.9 Å². The SMILES string of the molecule is c1ccc(-c2cc(-c3ccccc3)nc(-n3c4ccccc4c4nc5ccccn5c43)n2)cc1. The van der Waals surface area contributed by atoms with Crippen LogP contribution in [-0.2, 0) is 0 Å². The van der Waals surface area contributed by atoms with Gasteiger partial charge in [0.1, 0.15) is 11.2 Å². The lowest BCUT2D eigenvalue weighted by Gasteiger charge is -2.11. The minimum absolute atomic E-state index is 0.622. The molecule has 160 valence electrons. The van der Waals surface area contributed by atoms with Crippen LogP contribution < -0.4 is 0 Å². The molecule has 0 amide bonds. The Kier molecular flexibility index (Phi) is 4.08. The molecule has 4 aromatic heterocycles. The molecule has 7 rings (SSSR count). The molecule has 7 aromatic rings. The van der Waals surface area contributed by atoms with Crippen LogP contribution in [0.15, 0.2) is 115 Å². The largest absolute Gasteiger partial charge is 0.285 e. The van der Waals surface area contributed by atoms with E-state index in [0.29, 0.717) is 5.95 Å². The molecule has 0 radical (unpaired) electrons. The van der Waals surface area contributed by atoms with Gasteiger partial charge < -0.3 is 0 Å². The maximum absolute atomic E-state index is 5.07. The van der Waals surface area contributed by atoms with Gasteiger partial charge in [0.2, 0.25) is 5.95 Å². The number of rotatable bonds is 3. The van der Waals surface area contributed by atoms with Crippen molar-refractivity contribution in [2.24, 2.45) is 0 Å². The zero-order valence-electron chi connectivity index (χ0n) is 18.2. The molecule has 0 saturated heterocycles. The van der Waals surface area contributed by atoms with Crippen LogP contribution in [0.3, 0.4) is 0 Å². The van der Waals surface area contributed by atoms with E-state index in [1.54, 1.807) is 0 Å². The van der Waals surface area contributed by atoms with Gasteiger partial charge in [-0.3, -0.25) is 8.97 Å². The standard InChI is InChI=1S/C29H19N5/c1-3-11-20(12-4-1)23-19-24(21-13-5-2-6-14-21)31-29(30-23)34-25-16-8-7-15-22(25)27-28(34)33-18-10-9-17-26(33)32-27/h1-19H. The summed E-state index contributed by atoms with van der Waals surface area (Å²) in [5, 5.41) is 1.08. The molecule has 0 saturated carbocycles. The first-order valence-corrected chi connectivity index (χ1v) is 11.2. The number of hydrogen-bond donors (Lipinski definition) is 0. The first kappa shape index (κ1) is 18.8. The van der Waals surface area contributed by atoms with Crippen molar-refractivity contribution in [3.05, 3.63) is 115 Å². The molecule has 0 aliphatic rings. The number of benzene rings is 3. The van der Waals surface area contributed by atoms with E-state index in [2.05, 4.69) is 51.4 Å². The van der Waals surface area contributed by atoms with E-state index < -0.39 is 0 Å². The Morgan fingerprint density at radius 3 is 1.88 bits per heavy atom. The second-order valence-electron chi connectivity index (χ2n) is 8.24. The number of pyridine rings is 1. The van der Waals surface area contributed by atoms with Crippen molar-refractivity contribution < 1.29 is 0 Å². The maximum atomic E-state index is 5.07. The molecular weight excluding hydrogens is 418 g/mol. The summed E-state index contributed by atoms with van der Waals surface area (Å²) in [6.07, 6.45) is 2.04. The molecule has 0 atom stereocenters. The van der Waals surface area contributed by atoms with Crippen molar-refractivity contribution in [2.75, 3.05) is 0 Å². The summed E-state index contributed by atoms with van der Waals surface area (Å²) in [5.74, 6) is 0.622. The first-order valence-electron chi connectivity index (χ1n) is 11.2. The first-order chi connectivity index (χ1) is 16.9. The number of imidazole rings is 1. The molecule has 4 heterocycles. The van der Waals surface area contributed by atoms with E-state index in [-0.39, 0.29) is 0 Å². The van der Waals surface area contributed by atoms with Crippen LogP contribution in [0, 0.1) is 0 Å². The number of fused-ring (bicyclic) bond motifs is 5. The van der Waals surface area contributed by atoms with Crippen LogP contribution in [0.4, 0.5) is 0 Å². The number of para-hydroxylation sites is 1. The molecule has 0 bridgehead atoms. The highest BCUT2D eigenvalue weighted by Gasteiger charge is 2.20. The highest BCUT2D eigenvalue weighted by Crippen LogP contribution is 2.33. The van der Waals surface area contributed by atoms with Gasteiger partial charge >= 0.3 is 0 Å². The third-order valence-corrected chi connectivity index (χ3v) is 6.17. The number of nitrogens with zero attached hydrogens (tertiary/aromatic N) is 5. The highest BCUT2D eigenvalue weighted by atomic mass is 15.2. The van der Waals surface area contributed by atoms with Gasteiger partial charge in [-0.2, -0.15) is 0 Å². The topological polar surface area (TPSA) is 48.0 Å². The van der Waals surface area contributed by atoms with E-state index in [0.717, 1.165) is 50.2 Å². The molecule has 3 aromatic carbocycles. The third-order valence-electron chi connectivity index (χ3n) is 6.17. The number of aromatic nitrogens is 5. The molecule has 0 N–H and O–H groups in total. The Bertz CT molecular complexity index is 1730. The summed E-state index contributed by atoms with van der Waals surface area (Å²) in [5.41, 5.74) is 7.69. The lowest BCUT2D eigenvalue weighted by Crippen LogP contribution is -2.05. The Hall–Kier alpha value is -4.77. The molecular formula is C29H19N5. The van der Waals surface area contributed by atoms with E-state index in [1.165, 1.54) is 0 Å². The van der Waals surface area contributed by atoms with Gasteiger partial charge in [-0.15, -0.1) is 0 Å². The fourth-order valence-electron chi connectivity index (χ4n) is 4.61. The predicted octanol–water partition coefficient (Wildman–Crippen LogP) is 6.56. The van der Waals surface area contributed by atoms with Gasteiger partial charge in [0.05, 0.1) is 16.9 Å². The van der Waals surface area contributed by atoms with Crippen molar-refractivity contribution in [2.45, 2.75) is 0 Å². The van der Waals surface area contributed by atoms with Gasteiger partial charge in [-0.25, -0.2) is 15.0 Å². The van der Waals surface area contributed by atoms with Gasteiger partial charge in [-0.05, 0) is 24.3 Å². The summed E-state index contributed by atoms with van der Waals surface area (Å²) in [4.78, 5) is 15.1. The van der Waals surface area contributed by atoms with Crippen molar-refractivity contribution in [1.29, 1.82) is 0 Å². The molecule has 0 fully saturated rings. The zero-order valence-corrected chi connectivity index (χ0v) is 18.2. The average Bonchev–Trinajstić information content (AvgIpc) is 3.44. The molecule has 0 spiro atoms. The molecule has 34 heavy (non-hydrogen) atoms. The van der Waals surface area contributed by atoms with E-state index in [1.807, 2.05) is 72.9 Å². The molecule has 5 heteroatoms. The minimum atomic E-state index is 0.622. The minimum Gasteiger partial charge on any atom is -0.285 e. The number of hydrogen-bond acceptors (Lipinski definition) is 3. The summed E-state index contributed by atoms with van der Waals surface area (Å²) in [6.45, 7) is 0. The lowest BCUT2D eigenvalue weighted by molar-refractivity contribution is 0.972. The normalized spacial score (nSPS) is 11.5. The Morgan fingerprint density at radius 2 is 1.18 bits per heavy atom. The van der Waals surface area contributed by atoms with Crippen molar-refractivity contribution in [3.63, 3.8) is 0 Å². The molecule has 5 nitrogen and oxygen atoms in total.